The Balaban J connectivity index is 2.24. The van der Waals surface area contributed by atoms with Gasteiger partial charge in [-0.15, -0.1) is 0 Å². The lowest BCUT2D eigenvalue weighted by Gasteiger charge is -2.31. The van der Waals surface area contributed by atoms with Crippen molar-refractivity contribution in [2.24, 2.45) is 5.92 Å². The molecule has 2 rings (SSSR count). The van der Waals surface area contributed by atoms with Crippen molar-refractivity contribution in [1.82, 2.24) is 4.90 Å². The zero-order chi connectivity index (χ0) is 14.0. The average Bonchev–Trinajstić information content (AvgIpc) is 2.30. The molecule has 0 amide bonds. The summed E-state index contributed by atoms with van der Waals surface area (Å²) >= 11 is 0. The molecule has 19 heavy (non-hydrogen) atoms. The highest BCUT2D eigenvalue weighted by atomic mass is 19.4. The lowest BCUT2D eigenvalue weighted by molar-refractivity contribution is -0.138. The van der Waals surface area contributed by atoms with Crippen LogP contribution in [0.1, 0.15) is 30.9 Å². The number of hydrogen-bond acceptors (Lipinski definition) is 1. The third-order valence-corrected chi connectivity index (χ3v) is 3.55. The van der Waals surface area contributed by atoms with Gasteiger partial charge in [0.25, 0.3) is 0 Å². The first kappa shape index (κ1) is 14.3. The quantitative estimate of drug-likeness (QED) is 0.735. The van der Waals surface area contributed by atoms with Gasteiger partial charge in [-0.05, 0) is 37.4 Å². The Bertz CT molecular complexity index is 442. The van der Waals surface area contributed by atoms with E-state index in [4.69, 9.17) is 0 Å². The van der Waals surface area contributed by atoms with Crippen LogP contribution in [0.3, 0.4) is 0 Å². The van der Waals surface area contributed by atoms with Crippen LogP contribution in [0.2, 0.25) is 0 Å². The minimum Gasteiger partial charge on any atom is -0.299 e. The van der Waals surface area contributed by atoms with Crippen molar-refractivity contribution >= 4 is 0 Å². The molecule has 1 aliphatic heterocycles. The Labute approximate surface area is 110 Å². The number of rotatable bonds is 2. The standard InChI is InChI=1S/C14H17F4N/c1-10-4-3-7-19(8-10)9-11-12(14(16,17)18)5-2-6-13(11)15/h2,5-6,10H,3-4,7-9H2,1H3/t10-/m1/s1. The normalized spacial score (nSPS) is 21.6. The fourth-order valence-electron chi connectivity index (χ4n) is 2.64. The van der Waals surface area contributed by atoms with Crippen molar-refractivity contribution in [3.8, 4) is 0 Å². The molecule has 1 aromatic rings. The van der Waals surface area contributed by atoms with Crippen LogP contribution in [-0.4, -0.2) is 18.0 Å². The van der Waals surface area contributed by atoms with E-state index in [1.807, 2.05) is 4.90 Å². The fourth-order valence-corrected chi connectivity index (χ4v) is 2.64. The van der Waals surface area contributed by atoms with E-state index in [0.717, 1.165) is 44.1 Å². The van der Waals surface area contributed by atoms with Crippen LogP contribution >= 0.6 is 0 Å². The molecule has 0 radical (unpaired) electrons. The number of benzene rings is 1. The van der Waals surface area contributed by atoms with E-state index in [1.54, 1.807) is 0 Å². The van der Waals surface area contributed by atoms with Crippen LogP contribution in [0.25, 0.3) is 0 Å². The number of nitrogens with zero attached hydrogens (tertiary/aromatic N) is 1. The van der Waals surface area contributed by atoms with Crippen LogP contribution in [0.15, 0.2) is 18.2 Å². The molecule has 1 nitrogen and oxygen atoms in total. The monoisotopic (exact) mass is 275 g/mol. The van der Waals surface area contributed by atoms with Crippen molar-refractivity contribution in [2.45, 2.75) is 32.5 Å². The van der Waals surface area contributed by atoms with Crippen molar-refractivity contribution < 1.29 is 17.6 Å². The molecule has 1 aliphatic rings. The first-order valence-corrected chi connectivity index (χ1v) is 6.45. The Morgan fingerprint density at radius 3 is 2.68 bits per heavy atom. The van der Waals surface area contributed by atoms with Crippen LogP contribution < -0.4 is 0 Å². The number of halogens is 4. The van der Waals surface area contributed by atoms with E-state index < -0.39 is 17.6 Å². The Kier molecular flexibility index (Phi) is 4.13. The summed E-state index contributed by atoms with van der Waals surface area (Å²) in [5.41, 5.74) is -1.09. The van der Waals surface area contributed by atoms with Crippen LogP contribution in [-0.2, 0) is 12.7 Å². The largest absolute Gasteiger partial charge is 0.416 e. The molecule has 106 valence electrons. The molecule has 1 atom stereocenters. The molecule has 1 fully saturated rings. The molecule has 1 heterocycles. The number of likely N-dealkylation sites (tertiary alicyclic amines) is 1. The third kappa shape index (κ3) is 3.47. The van der Waals surface area contributed by atoms with E-state index in [1.165, 1.54) is 0 Å². The van der Waals surface area contributed by atoms with Crippen molar-refractivity contribution in [2.75, 3.05) is 13.1 Å². The van der Waals surface area contributed by atoms with Crippen molar-refractivity contribution in [3.63, 3.8) is 0 Å². The second-order valence-electron chi connectivity index (χ2n) is 5.25. The molecule has 0 N–H and O–H groups in total. The van der Waals surface area contributed by atoms with Gasteiger partial charge in [0.1, 0.15) is 5.82 Å². The fraction of sp³-hybridized carbons (Fsp3) is 0.571. The first-order chi connectivity index (χ1) is 8.88. The Hall–Kier alpha value is -1.10. The molecule has 0 unspecified atom stereocenters. The van der Waals surface area contributed by atoms with Gasteiger partial charge >= 0.3 is 6.18 Å². The molecule has 1 saturated heterocycles. The summed E-state index contributed by atoms with van der Waals surface area (Å²) in [6.45, 7) is 3.56. The van der Waals surface area contributed by atoms with Gasteiger partial charge in [0.15, 0.2) is 0 Å². The highest BCUT2D eigenvalue weighted by Crippen LogP contribution is 2.34. The van der Waals surface area contributed by atoms with Crippen LogP contribution in [0.5, 0.6) is 0 Å². The third-order valence-electron chi connectivity index (χ3n) is 3.55. The molecule has 0 saturated carbocycles. The first-order valence-electron chi connectivity index (χ1n) is 6.45. The minimum atomic E-state index is -4.50. The van der Waals surface area contributed by atoms with E-state index in [2.05, 4.69) is 6.92 Å². The molecular weight excluding hydrogens is 258 g/mol. The topological polar surface area (TPSA) is 3.24 Å². The number of piperidine rings is 1. The van der Waals surface area contributed by atoms with E-state index in [0.29, 0.717) is 5.92 Å². The SMILES string of the molecule is C[C@@H]1CCCN(Cc2c(F)cccc2C(F)(F)F)C1. The van der Waals surface area contributed by atoms with Crippen LogP contribution in [0.4, 0.5) is 17.6 Å². The van der Waals surface area contributed by atoms with Gasteiger partial charge in [-0.25, -0.2) is 4.39 Å². The number of alkyl halides is 3. The highest BCUT2D eigenvalue weighted by Gasteiger charge is 2.35. The smallest absolute Gasteiger partial charge is 0.299 e. The lowest BCUT2D eigenvalue weighted by atomic mass is 9.98. The predicted octanol–water partition coefficient (Wildman–Crippen LogP) is 4.08. The van der Waals surface area contributed by atoms with E-state index in [-0.39, 0.29) is 12.1 Å². The van der Waals surface area contributed by atoms with Gasteiger partial charge in [-0.2, -0.15) is 13.2 Å². The molecule has 0 aliphatic carbocycles. The lowest BCUT2D eigenvalue weighted by Crippen LogP contribution is -2.34. The number of hydrogen-bond donors (Lipinski definition) is 0. The second kappa shape index (κ2) is 5.49. The van der Waals surface area contributed by atoms with E-state index in [9.17, 15) is 17.6 Å². The molecule has 0 spiro atoms. The molecule has 1 aromatic carbocycles. The van der Waals surface area contributed by atoms with Gasteiger partial charge < -0.3 is 0 Å². The zero-order valence-corrected chi connectivity index (χ0v) is 10.8. The molecule has 0 bridgehead atoms. The maximum absolute atomic E-state index is 13.7. The summed E-state index contributed by atoms with van der Waals surface area (Å²) in [7, 11) is 0. The maximum atomic E-state index is 13.7. The molecular formula is C14H17F4N. The minimum absolute atomic E-state index is 0.0336. The summed E-state index contributed by atoms with van der Waals surface area (Å²) in [6, 6.07) is 3.16. The van der Waals surface area contributed by atoms with Gasteiger partial charge in [0.2, 0.25) is 0 Å². The van der Waals surface area contributed by atoms with Crippen molar-refractivity contribution in [1.29, 1.82) is 0 Å². The highest BCUT2D eigenvalue weighted by molar-refractivity contribution is 5.31. The summed E-state index contributed by atoms with van der Waals surface area (Å²) in [6.07, 6.45) is -2.46. The van der Waals surface area contributed by atoms with Gasteiger partial charge in [-0.3, -0.25) is 4.90 Å². The van der Waals surface area contributed by atoms with Crippen molar-refractivity contribution in [3.05, 3.63) is 35.1 Å². The van der Waals surface area contributed by atoms with Gasteiger partial charge in [0.05, 0.1) is 5.56 Å². The maximum Gasteiger partial charge on any atom is 0.416 e. The Morgan fingerprint density at radius 2 is 2.05 bits per heavy atom. The molecule has 0 aromatic heterocycles. The van der Waals surface area contributed by atoms with Crippen LogP contribution in [0, 0.1) is 11.7 Å². The summed E-state index contributed by atoms with van der Waals surface area (Å²) in [4.78, 5) is 1.90. The Morgan fingerprint density at radius 1 is 1.32 bits per heavy atom. The second-order valence-corrected chi connectivity index (χ2v) is 5.25. The molecule has 5 heteroatoms. The summed E-state index contributed by atoms with van der Waals surface area (Å²) in [5, 5.41) is 0. The predicted molar refractivity (Wildman–Crippen MR) is 65.1 cm³/mol. The summed E-state index contributed by atoms with van der Waals surface area (Å²) < 4.78 is 52.3. The summed E-state index contributed by atoms with van der Waals surface area (Å²) in [5.74, 6) is -0.317. The van der Waals surface area contributed by atoms with Gasteiger partial charge in [-0.1, -0.05) is 13.0 Å². The van der Waals surface area contributed by atoms with E-state index >= 15 is 0 Å². The van der Waals surface area contributed by atoms with Gasteiger partial charge in [0, 0.05) is 18.7 Å². The zero-order valence-electron chi connectivity index (χ0n) is 10.8. The average molecular weight is 275 g/mol.